The van der Waals surface area contributed by atoms with Crippen LogP contribution in [0.25, 0.3) is 109 Å². The molecule has 0 atom stereocenters. The molecule has 102 heavy (non-hydrogen) atoms. The molecule has 10 heteroatoms. The van der Waals surface area contributed by atoms with Crippen molar-refractivity contribution in [2.24, 2.45) is 0 Å². The summed E-state index contributed by atoms with van der Waals surface area (Å²) in [5, 5.41) is 15.7. The van der Waals surface area contributed by atoms with Gasteiger partial charge in [-0.2, -0.15) is 0 Å². The van der Waals surface area contributed by atoms with Crippen molar-refractivity contribution in [2.75, 3.05) is 0 Å². The second-order valence-corrected chi connectivity index (χ2v) is 33.0. The van der Waals surface area contributed by atoms with E-state index >= 15 is 0 Å². The molecule has 2 spiro atoms. The molecule has 0 aromatic heterocycles. The summed E-state index contributed by atoms with van der Waals surface area (Å²) >= 11 is 3.80. The third-order valence-corrected chi connectivity index (χ3v) is 25.7. The lowest BCUT2D eigenvalue weighted by Gasteiger charge is -2.32. The summed E-state index contributed by atoms with van der Waals surface area (Å²) in [4.78, 5) is 0. The van der Waals surface area contributed by atoms with Crippen LogP contribution in [0.15, 0.2) is 259 Å². The predicted octanol–water partition coefficient (Wildman–Crippen LogP) is 22.3. The third-order valence-electron chi connectivity index (χ3n) is 25.2. The molecule has 0 saturated carbocycles. The van der Waals surface area contributed by atoms with E-state index in [2.05, 4.69) is 298 Å². The van der Waals surface area contributed by atoms with Crippen LogP contribution in [0.2, 0.25) is 0 Å². The molecule has 21 rings (SSSR count). The van der Waals surface area contributed by atoms with Crippen LogP contribution >= 0.6 is 15.9 Å². The van der Waals surface area contributed by atoms with Gasteiger partial charge < -0.3 is 27.9 Å². The molecule has 0 unspecified atom stereocenters. The molecule has 4 aliphatic carbocycles. The molecule has 0 bridgehead atoms. The maximum absolute atomic E-state index is 6.58. The van der Waals surface area contributed by atoms with Gasteiger partial charge in [-0.1, -0.05) is 234 Å². The topological polar surface area (TPSA) is 55.4 Å². The fourth-order valence-electron chi connectivity index (χ4n) is 18.2. The summed E-state index contributed by atoms with van der Waals surface area (Å²) in [5.41, 5.74) is 19.4. The molecule has 14 aromatic carbocycles. The van der Waals surface area contributed by atoms with E-state index in [-0.39, 0.29) is 27.8 Å². The fourth-order valence-corrected chi connectivity index (χ4v) is 18.6. The molecule has 0 N–H and O–H groups in total. The van der Waals surface area contributed by atoms with E-state index in [1.165, 1.54) is 154 Å². The first-order chi connectivity index (χ1) is 48.9. The highest BCUT2D eigenvalue weighted by atomic mass is 79.9. The monoisotopic (exact) mass is 1390 g/mol. The number of rotatable bonds is 2. The summed E-state index contributed by atoms with van der Waals surface area (Å²) in [7, 11) is -1.38. The lowest BCUT2D eigenvalue weighted by molar-refractivity contribution is 0.00578. The zero-order valence-corrected chi connectivity index (χ0v) is 61.4. The number of halogens is 1. The highest BCUT2D eigenvalue weighted by Gasteiger charge is 2.64. The van der Waals surface area contributed by atoms with Gasteiger partial charge in [0.2, 0.25) is 0 Å². The van der Waals surface area contributed by atoms with E-state index in [0.717, 1.165) is 9.94 Å². The van der Waals surface area contributed by atoms with Crippen molar-refractivity contribution in [2.45, 2.75) is 128 Å². The van der Waals surface area contributed by atoms with E-state index in [0.29, 0.717) is 0 Å². The Balaban J connectivity index is 0.000000116. The summed E-state index contributed by atoms with van der Waals surface area (Å²) in [5.74, 6) is 0. The molecule has 14 aromatic rings. The average Bonchev–Trinajstić information content (AvgIpc) is 1.50. The molecule has 0 amide bonds. The highest BCUT2D eigenvalue weighted by Crippen LogP contribution is 2.66. The van der Waals surface area contributed by atoms with E-state index in [4.69, 9.17) is 27.9 Å². The predicted molar refractivity (Wildman–Crippen MR) is 426 cm³/mol. The summed E-state index contributed by atoms with van der Waals surface area (Å²) < 4.78 is 38.1. The Bertz CT molecular complexity index is 5780. The molecule has 498 valence electrons. The normalized spacial score (nSPS) is 19.0. The van der Waals surface area contributed by atoms with Crippen molar-refractivity contribution in [3.8, 4) is 44.5 Å². The van der Waals surface area contributed by atoms with Crippen molar-refractivity contribution in [1.29, 1.82) is 0 Å². The minimum Gasteiger partial charge on any atom is -0.405 e. The minimum absolute atomic E-state index is 0.334. The maximum Gasteiger partial charge on any atom is 0.494 e. The number of hydrogen-bond acceptors (Lipinski definition) is 6. The smallest absolute Gasteiger partial charge is 0.405 e. The fraction of sp³-hybridized carbons (Fsp3) is 0.217. The van der Waals surface area contributed by atoms with Crippen LogP contribution < -0.4 is 5.46 Å². The third kappa shape index (κ3) is 8.78. The molecule has 7 aliphatic rings. The Kier molecular flexibility index (Phi) is 13.8. The average molecular weight is 1390 g/mol. The molecular weight excluding hydrogens is 1310 g/mol. The first-order valence-electron chi connectivity index (χ1n) is 36.1. The van der Waals surface area contributed by atoms with E-state index < -0.39 is 37.8 Å². The van der Waals surface area contributed by atoms with Crippen molar-refractivity contribution >= 4 is 107 Å². The summed E-state index contributed by atoms with van der Waals surface area (Å²) in [6.45, 7) is 24.7. The second kappa shape index (κ2) is 22.1. The van der Waals surface area contributed by atoms with E-state index in [9.17, 15) is 0 Å². The van der Waals surface area contributed by atoms with Crippen LogP contribution in [0.4, 0.5) is 0 Å². The van der Waals surface area contributed by atoms with Crippen LogP contribution in [-0.2, 0) is 38.8 Å². The molecule has 3 heterocycles. The quantitative estimate of drug-likeness (QED) is 0.127. The van der Waals surface area contributed by atoms with Gasteiger partial charge in [-0.05, 0) is 279 Å². The molecule has 0 radical (unpaired) electrons. The number of fused-ring (bicyclic) bond motifs is 32. The maximum atomic E-state index is 6.58. The molecule has 3 saturated heterocycles. The largest absolute Gasteiger partial charge is 0.494 e. The van der Waals surface area contributed by atoms with E-state index in [1.54, 1.807) is 0 Å². The van der Waals surface area contributed by atoms with Gasteiger partial charge >= 0.3 is 21.1 Å². The van der Waals surface area contributed by atoms with Gasteiger partial charge in [0.25, 0.3) is 0 Å². The first-order valence-corrected chi connectivity index (χ1v) is 36.9. The zero-order chi connectivity index (χ0) is 70.0. The van der Waals surface area contributed by atoms with Gasteiger partial charge in [0.1, 0.15) is 0 Å². The number of benzene rings is 14. The molecule has 6 nitrogen and oxygen atoms in total. The zero-order valence-electron chi connectivity index (χ0n) is 59.8. The minimum atomic E-state index is -0.476. The van der Waals surface area contributed by atoms with Crippen LogP contribution in [-0.4, -0.2) is 54.7 Å². The Morgan fingerprint density at radius 2 is 0.461 bits per heavy atom. The number of hydrogen-bond donors (Lipinski definition) is 0. The van der Waals surface area contributed by atoms with Crippen molar-refractivity contribution in [1.82, 2.24) is 0 Å². The van der Waals surface area contributed by atoms with Crippen LogP contribution in [0.5, 0.6) is 0 Å². The molecule has 3 aliphatic heterocycles. The van der Waals surface area contributed by atoms with Crippen molar-refractivity contribution in [3.05, 3.63) is 304 Å². The Morgan fingerprint density at radius 3 is 0.794 bits per heavy atom. The van der Waals surface area contributed by atoms with E-state index in [1.807, 2.05) is 55.4 Å². The van der Waals surface area contributed by atoms with Crippen LogP contribution in [0, 0.1) is 0 Å². The Hall–Kier alpha value is -8.93. The lowest BCUT2D eigenvalue weighted by atomic mass is 9.49. The lowest BCUT2D eigenvalue weighted by Crippen LogP contribution is -2.41. The highest BCUT2D eigenvalue weighted by molar-refractivity contribution is 9.10. The molecular formula is C92H78B3BrO6. The van der Waals surface area contributed by atoms with Gasteiger partial charge in [0.05, 0.1) is 44.4 Å². The first kappa shape index (κ1) is 64.0. The summed E-state index contributed by atoms with van der Waals surface area (Å²) in [6.07, 6.45) is 0. The van der Waals surface area contributed by atoms with Gasteiger partial charge in [-0.15, -0.1) is 0 Å². The molecule has 3 fully saturated rings. The van der Waals surface area contributed by atoms with Gasteiger partial charge in [0, 0.05) is 4.47 Å². The van der Waals surface area contributed by atoms with Crippen molar-refractivity contribution in [3.63, 3.8) is 0 Å². The standard InChI is InChI=1S/C43H33BO2.C37H21Br.C12H24B2O4/c1-41(2)42(3,4)46-44(45-41)26-21-22-39-35(23-26)36-24-33-29-15-7-5-13-27(29)28-14-6-8-16-30(28)34(33)25-40(36)43(39)37-19-11-9-17-31(37)32-18-10-12-20-38(32)43;38-22-17-18-35-31(19-22)32-20-29-25-11-3-1-9-23(25)24-10-2-4-12-26(24)30(29)21-36(32)37(35)33-15-7-5-13-27(33)28-14-6-8-16-34(28)37;1-9(2)10(3,4)16-13(15-9)14-17-11(5,6)12(7,8)18-14/h5-25H,1-4H3;1-21H;1-8H3. The van der Waals surface area contributed by atoms with Gasteiger partial charge in [-0.25, -0.2) is 0 Å². The van der Waals surface area contributed by atoms with Gasteiger partial charge in [-0.3, -0.25) is 0 Å². The second-order valence-electron chi connectivity index (χ2n) is 32.1. The Morgan fingerprint density at radius 1 is 0.216 bits per heavy atom. The Labute approximate surface area is 606 Å². The SMILES string of the molecule is Brc1ccc2c(c1)-c1cc3c4ccccc4c4ccccc4c3cc1C21c2ccccc2-c2ccccc21.CC1(C)OB(B2OC(C)(C)C(C)(C)O2)OC1(C)C.CC1(C)OB(c2ccc3c(c2)-c2cc4c5ccccc5c5ccccc5c4cc2C32c3ccccc3-c3ccccc32)OC1(C)C. The van der Waals surface area contributed by atoms with Gasteiger partial charge in [0.15, 0.2) is 0 Å². The van der Waals surface area contributed by atoms with Crippen molar-refractivity contribution < 1.29 is 27.9 Å². The summed E-state index contributed by atoms with van der Waals surface area (Å²) in [6, 6.07) is 95.4. The van der Waals surface area contributed by atoms with Crippen LogP contribution in [0.3, 0.4) is 0 Å². The van der Waals surface area contributed by atoms with Crippen LogP contribution in [0.1, 0.15) is 128 Å².